The number of rotatable bonds is 7. The Balaban J connectivity index is 1.34. The summed E-state index contributed by atoms with van der Waals surface area (Å²) in [5.74, 6) is 0.832. The van der Waals surface area contributed by atoms with Gasteiger partial charge in [0.1, 0.15) is 6.61 Å². The number of thioether (sulfide) groups is 1. The Labute approximate surface area is 207 Å². The summed E-state index contributed by atoms with van der Waals surface area (Å²) in [4.78, 5) is 31.5. The van der Waals surface area contributed by atoms with E-state index in [1.807, 2.05) is 60.7 Å². The van der Waals surface area contributed by atoms with E-state index in [9.17, 15) is 9.59 Å². The summed E-state index contributed by atoms with van der Waals surface area (Å²) in [6.07, 6.45) is 5.14. The highest BCUT2D eigenvalue weighted by molar-refractivity contribution is 8.18. The first-order valence-corrected chi connectivity index (χ1v) is 11.9. The second kappa shape index (κ2) is 10.0. The Morgan fingerprint density at radius 3 is 2.57 bits per heavy atom. The van der Waals surface area contributed by atoms with Crippen LogP contribution in [0.5, 0.6) is 11.5 Å². The first-order chi connectivity index (χ1) is 17.1. The molecule has 35 heavy (non-hydrogen) atoms. The zero-order valence-corrected chi connectivity index (χ0v) is 19.8. The summed E-state index contributed by atoms with van der Waals surface area (Å²) in [7, 11) is 1.57. The summed E-state index contributed by atoms with van der Waals surface area (Å²) >= 11 is 0.947. The standard InChI is InChI=1S/C28H22N2O4S/c1-33-25-15-20(9-10-24(25)34-18-19-11-13-29-14-12-19)16-26-27(31)30(28(32)35-26)17-22-7-4-6-21-5-2-3-8-23(21)22/h2-16H,17-18H2,1H3/b26-16-. The van der Waals surface area contributed by atoms with Gasteiger partial charge in [-0.25, -0.2) is 0 Å². The fourth-order valence-electron chi connectivity index (χ4n) is 3.92. The van der Waals surface area contributed by atoms with Crippen molar-refractivity contribution in [3.05, 3.63) is 107 Å². The third-order valence-electron chi connectivity index (χ3n) is 5.71. The molecule has 0 bridgehead atoms. The SMILES string of the molecule is COc1cc(/C=C2\SC(=O)N(Cc3cccc4ccccc34)C2=O)ccc1OCc1ccncc1. The van der Waals surface area contributed by atoms with Gasteiger partial charge >= 0.3 is 0 Å². The van der Waals surface area contributed by atoms with Crippen LogP contribution in [0.25, 0.3) is 16.8 Å². The first-order valence-electron chi connectivity index (χ1n) is 11.0. The first kappa shape index (κ1) is 22.7. The molecular formula is C28H22N2O4S. The van der Waals surface area contributed by atoms with Gasteiger partial charge in [0, 0.05) is 12.4 Å². The molecule has 1 fully saturated rings. The van der Waals surface area contributed by atoms with Gasteiger partial charge in [-0.05, 0) is 69.6 Å². The molecule has 3 aromatic carbocycles. The fourth-order valence-corrected chi connectivity index (χ4v) is 4.76. The van der Waals surface area contributed by atoms with E-state index < -0.39 is 0 Å². The van der Waals surface area contributed by atoms with Crippen molar-refractivity contribution in [1.82, 2.24) is 9.88 Å². The van der Waals surface area contributed by atoms with E-state index in [-0.39, 0.29) is 17.7 Å². The van der Waals surface area contributed by atoms with Crippen molar-refractivity contribution in [2.45, 2.75) is 13.2 Å². The molecule has 1 aromatic heterocycles. The molecule has 0 atom stereocenters. The smallest absolute Gasteiger partial charge is 0.293 e. The summed E-state index contributed by atoms with van der Waals surface area (Å²) < 4.78 is 11.4. The number of benzene rings is 3. The Kier molecular flexibility index (Phi) is 6.50. The lowest BCUT2D eigenvalue weighted by molar-refractivity contribution is -0.123. The van der Waals surface area contributed by atoms with Gasteiger partial charge in [0.25, 0.3) is 11.1 Å². The van der Waals surface area contributed by atoms with Crippen LogP contribution in [0.2, 0.25) is 0 Å². The molecule has 2 amide bonds. The van der Waals surface area contributed by atoms with Crippen LogP contribution >= 0.6 is 11.8 Å². The summed E-state index contributed by atoms with van der Waals surface area (Å²) in [6.45, 7) is 0.611. The van der Waals surface area contributed by atoms with Crippen LogP contribution in [0.15, 0.2) is 90.1 Å². The highest BCUT2D eigenvalue weighted by Crippen LogP contribution is 2.36. The minimum Gasteiger partial charge on any atom is -0.493 e. The highest BCUT2D eigenvalue weighted by atomic mass is 32.2. The molecular weight excluding hydrogens is 460 g/mol. The van der Waals surface area contributed by atoms with Crippen molar-refractivity contribution in [2.24, 2.45) is 0 Å². The molecule has 174 valence electrons. The predicted molar refractivity (Wildman–Crippen MR) is 137 cm³/mol. The predicted octanol–water partition coefficient (Wildman–Crippen LogP) is 6.06. The number of pyridine rings is 1. The number of nitrogens with zero attached hydrogens (tertiary/aromatic N) is 2. The van der Waals surface area contributed by atoms with Crippen LogP contribution in [0.4, 0.5) is 4.79 Å². The quantitative estimate of drug-likeness (QED) is 0.298. The molecule has 0 saturated carbocycles. The van der Waals surface area contributed by atoms with Gasteiger partial charge in [0.05, 0.1) is 18.6 Å². The number of hydrogen-bond acceptors (Lipinski definition) is 6. The fraction of sp³-hybridized carbons (Fsp3) is 0.107. The van der Waals surface area contributed by atoms with Crippen LogP contribution in [0.3, 0.4) is 0 Å². The van der Waals surface area contributed by atoms with E-state index in [1.165, 1.54) is 4.90 Å². The number of methoxy groups -OCH3 is 1. The number of imide groups is 1. The highest BCUT2D eigenvalue weighted by Gasteiger charge is 2.35. The van der Waals surface area contributed by atoms with Gasteiger partial charge in [0.15, 0.2) is 11.5 Å². The van der Waals surface area contributed by atoms with Gasteiger partial charge in [-0.2, -0.15) is 0 Å². The van der Waals surface area contributed by atoms with Gasteiger partial charge in [-0.3, -0.25) is 19.5 Å². The normalized spacial score (nSPS) is 14.7. The number of aromatic nitrogens is 1. The van der Waals surface area contributed by atoms with Gasteiger partial charge in [0.2, 0.25) is 0 Å². The lowest BCUT2D eigenvalue weighted by Crippen LogP contribution is -2.27. The zero-order valence-electron chi connectivity index (χ0n) is 19.0. The molecule has 0 aliphatic carbocycles. The number of fused-ring (bicyclic) bond motifs is 1. The number of carbonyl (C=O) groups is 2. The summed E-state index contributed by atoms with van der Waals surface area (Å²) in [6, 6.07) is 23.1. The Hall–Kier alpha value is -4.10. The number of hydrogen-bond donors (Lipinski definition) is 0. The molecule has 5 rings (SSSR count). The van der Waals surface area contributed by atoms with Crippen LogP contribution in [0.1, 0.15) is 16.7 Å². The molecule has 1 aliphatic heterocycles. The molecule has 6 nitrogen and oxygen atoms in total. The monoisotopic (exact) mass is 482 g/mol. The molecule has 1 saturated heterocycles. The molecule has 7 heteroatoms. The third kappa shape index (κ3) is 4.90. The Bertz CT molecular complexity index is 1430. The van der Waals surface area contributed by atoms with Crippen LogP contribution in [0, 0.1) is 0 Å². The lowest BCUT2D eigenvalue weighted by Gasteiger charge is -2.14. The van der Waals surface area contributed by atoms with E-state index in [0.717, 1.165) is 39.2 Å². The maximum atomic E-state index is 13.1. The maximum Gasteiger partial charge on any atom is 0.293 e. The average molecular weight is 483 g/mol. The second-order valence-electron chi connectivity index (χ2n) is 7.96. The van der Waals surface area contributed by atoms with Crippen molar-refractivity contribution in [2.75, 3.05) is 7.11 Å². The Morgan fingerprint density at radius 1 is 0.943 bits per heavy atom. The number of ether oxygens (including phenoxy) is 2. The third-order valence-corrected chi connectivity index (χ3v) is 6.62. The van der Waals surface area contributed by atoms with E-state index in [4.69, 9.17) is 9.47 Å². The summed E-state index contributed by atoms with van der Waals surface area (Å²) in [5, 5.41) is 1.83. The van der Waals surface area contributed by atoms with Crippen LogP contribution in [-0.2, 0) is 17.9 Å². The van der Waals surface area contributed by atoms with Crippen molar-refractivity contribution in [3.63, 3.8) is 0 Å². The van der Waals surface area contributed by atoms with Gasteiger partial charge in [-0.1, -0.05) is 48.5 Å². The van der Waals surface area contributed by atoms with E-state index in [1.54, 1.807) is 37.7 Å². The van der Waals surface area contributed by atoms with Crippen LogP contribution in [-0.4, -0.2) is 28.1 Å². The van der Waals surface area contributed by atoms with E-state index in [0.29, 0.717) is 23.0 Å². The van der Waals surface area contributed by atoms with Crippen LogP contribution < -0.4 is 9.47 Å². The molecule has 0 spiro atoms. The van der Waals surface area contributed by atoms with Crippen molar-refractivity contribution in [3.8, 4) is 11.5 Å². The van der Waals surface area contributed by atoms with Gasteiger partial charge in [-0.15, -0.1) is 0 Å². The van der Waals surface area contributed by atoms with Crippen molar-refractivity contribution in [1.29, 1.82) is 0 Å². The number of amides is 2. The maximum absolute atomic E-state index is 13.1. The second-order valence-corrected chi connectivity index (χ2v) is 8.95. The number of carbonyl (C=O) groups excluding carboxylic acids is 2. The largest absolute Gasteiger partial charge is 0.493 e. The lowest BCUT2D eigenvalue weighted by atomic mass is 10.0. The minimum atomic E-state index is -0.301. The van der Waals surface area contributed by atoms with Gasteiger partial charge < -0.3 is 9.47 Å². The topological polar surface area (TPSA) is 68.7 Å². The van der Waals surface area contributed by atoms with E-state index in [2.05, 4.69) is 4.98 Å². The molecule has 0 unspecified atom stereocenters. The molecule has 2 heterocycles. The van der Waals surface area contributed by atoms with Crippen molar-refractivity contribution >= 4 is 39.8 Å². The molecule has 1 aliphatic rings. The Morgan fingerprint density at radius 2 is 1.74 bits per heavy atom. The van der Waals surface area contributed by atoms with Crippen molar-refractivity contribution < 1.29 is 19.1 Å². The summed E-state index contributed by atoms with van der Waals surface area (Å²) in [5.41, 5.74) is 2.67. The molecule has 0 N–H and O–H groups in total. The molecule has 0 radical (unpaired) electrons. The minimum absolute atomic E-state index is 0.231. The molecule has 4 aromatic rings. The zero-order chi connectivity index (χ0) is 24.2. The van der Waals surface area contributed by atoms with E-state index >= 15 is 0 Å². The average Bonchev–Trinajstić information content (AvgIpc) is 3.15.